The topological polar surface area (TPSA) is 50.3 Å². The molecule has 0 spiro atoms. The van der Waals surface area contributed by atoms with Crippen molar-refractivity contribution in [2.45, 2.75) is 5.92 Å². The van der Waals surface area contributed by atoms with Crippen LogP contribution in [0.15, 0.2) is 18.3 Å². The summed E-state index contributed by atoms with van der Waals surface area (Å²) in [5, 5.41) is 0.449. The zero-order valence-corrected chi connectivity index (χ0v) is 9.79. The van der Waals surface area contributed by atoms with E-state index in [1.807, 2.05) is 6.07 Å². The minimum absolute atomic E-state index is 0.250. The van der Waals surface area contributed by atoms with Crippen molar-refractivity contribution in [2.24, 2.45) is 0 Å². The number of rotatable bonds is 2. The van der Waals surface area contributed by atoms with E-state index in [0.717, 1.165) is 5.56 Å². The second kappa shape index (κ2) is 3.73. The van der Waals surface area contributed by atoms with E-state index in [4.69, 9.17) is 11.6 Å². The smallest absolute Gasteiger partial charge is 0.211 e. The highest BCUT2D eigenvalue weighted by molar-refractivity contribution is 7.88. The Kier molecular flexibility index (Phi) is 2.70. The summed E-state index contributed by atoms with van der Waals surface area (Å²) in [6.45, 7) is 1.08. The number of hydrogen-bond acceptors (Lipinski definition) is 3. The van der Waals surface area contributed by atoms with E-state index in [0.29, 0.717) is 18.2 Å². The molecular formula is C9H11ClN2O2S. The van der Waals surface area contributed by atoms with E-state index in [1.54, 1.807) is 12.3 Å². The normalized spacial score (nSPS) is 18.8. The van der Waals surface area contributed by atoms with Gasteiger partial charge in [-0.3, -0.25) is 0 Å². The molecule has 0 saturated carbocycles. The van der Waals surface area contributed by atoms with Crippen molar-refractivity contribution >= 4 is 21.6 Å². The molecule has 1 saturated heterocycles. The van der Waals surface area contributed by atoms with Gasteiger partial charge in [-0.05, 0) is 17.7 Å². The molecule has 6 heteroatoms. The Balaban J connectivity index is 2.07. The first-order valence-electron chi connectivity index (χ1n) is 4.53. The van der Waals surface area contributed by atoms with E-state index in [9.17, 15) is 8.42 Å². The average Bonchev–Trinajstić information content (AvgIpc) is 1.97. The molecule has 15 heavy (non-hydrogen) atoms. The summed E-state index contributed by atoms with van der Waals surface area (Å²) in [4.78, 5) is 3.88. The van der Waals surface area contributed by atoms with Gasteiger partial charge in [-0.15, -0.1) is 0 Å². The number of aromatic nitrogens is 1. The summed E-state index contributed by atoms with van der Waals surface area (Å²) < 4.78 is 23.7. The summed E-state index contributed by atoms with van der Waals surface area (Å²) >= 11 is 5.75. The first-order chi connectivity index (χ1) is 6.97. The van der Waals surface area contributed by atoms with Crippen LogP contribution in [-0.2, 0) is 10.0 Å². The summed E-state index contributed by atoms with van der Waals surface area (Å²) in [5.74, 6) is 0.250. The van der Waals surface area contributed by atoms with Crippen molar-refractivity contribution in [1.29, 1.82) is 0 Å². The summed E-state index contributed by atoms with van der Waals surface area (Å²) in [6.07, 6.45) is 2.86. The third-order valence-electron chi connectivity index (χ3n) is 2.54. The largest absolute Gasteiger partial charge is 0.245 e. The lowest BCUT2D eigenvalue weighted by Crippen LogP contribution is -2.47. The van der Waals surface area contributed by atoms with Crippen molar-refractivity contribution in [3.8, 4) is 0 Å². The van der Waals surface area contributed by atoms with Crippen molar-refractivity contribution < 1.29 is 8.42 Å². The van der Waals surface area contributed by atoms with E-state index >= 15 is 0 Å². The van der Waals surface area contributed by atoms with Crippen LogP contribution in [0.4, 0.5) is 0 Å². The second-order valence-electron chi connectivity index (χ2n) is 3.69. The number of hydrogen-bond donors (Lipinski definition) is 0. The molecule has 0 N–H and O–H groups in total. The third-order valence-corrected chi connectivity index (χ3v) is 3.98. The van der Waals surface area contributed by atoms with Crippen LogP contribution in [0.1, 0.15) is 11.5 Å². The molecule has 1 aliphatic rings. The van der Waals surface area contributed by atoms with E-state index in [2.05, 4.69) is 4.98 Å². The van der Waals surface area contributed by atoms with Crippen molar-refractivity contribution in [1.82, 2.24) is 9.29 Å². The summed E-state index contributed by atoms with van der Waals surface area (Å²) in [5.41, 5.74) is 1.05. The first kappa shape index (κ1) is 10.9. The second-order valence-corrected chi connectivity index (χ2v) is 6.06. The fourth-order valence-corrected chi connectivity index (χ4v) is 2.67. The zero-order valence-electron chi connectivity index (χ0n) is 8.22. The quantitative estimate of drug-likeness (QED) is 0.734. The van der Waals surface area contributed by atoms with E-state index < -0.39 is 10.0 Å². The lowest BCUT2D eigenvalue weighted by atomic mass is 9.95. The van der Waals surface area contributed by atoms with Crippen molar-refractivity contribution in [3.05, 3.63) is 29.0 Å². The van der Waals surface area contributed by atoms with Gasteiger partial charge in [0.25, 0.3) is 0 Å². The molecule has 1 aliphatic heterocycles. The van der Waals surface area contributed by atoms with Crippen LogP contribution in [-0.4, -0.2) is 37.1 Å². The molecule has 0 aromatic carbocycles. The molecule has 0 unspecified atom stereocenters. The summed E-state index contributed by atoms with van der Waals surface area (Å²) in [7, 11) is -3.03. The number of sulfonamides is 1. The fourth-order valence-electron chi connectivity index (χ4n) is 1.59. The Morgan fingerprint density at radius 3 is 2.73 bits per heavy atom. The molecule has 0 atom stereocenters. The monoisotopic (exact) mass is 246 g/mol. The van der Waals surface area contributed by atoms with Crippen molar-refractivity contribution in [2.75, 3.05) is 19.3 Å². The molecular weight excluding hydrogens is 236 g/mol. The molecule has 82 valence electrons. The lowest BCUT2D eigenvalue weighted by molar-refractivity contribution is 0.266. The van der Waals surface area contributed by atoms with E-state index in [-0.39, 0.29) is 5.92 Å². The lowest BCUT2D eigenvalue weighted by Gasteiger charge is -2.37. The maximum absolute atomic E-state index is 11.1. The first-order valence-corrected chi connectivity index (χ1v) is 6.76. The SMILES string of the molecule is CS(=O)(=O)N1CC(c2ccnc(Cl)c2)C1. The molecule has 1 aromatic heterocycles. The maximum atomic E-state index is 11.1. The highest BCUT2D eigenvalue weighted by atomic mass is 35.5. The van der Waals surface area contributed by atoms with Crippen molar-refractivity contribution in [3.63, 3.8) is 0 Å². The number of halogens is 1. The fraction of sp³-hybridized carbons (Fsp3) is 0.444. The molecule has 0 amide bonds. The molecule has 2 rings (SSSR count). The van der Waals surface area contributed by atoms with Crippen LogP contribution >= 0.6 is 11.6 Å². The van der Waals surface area contributed by atoms with Gasteiger partial charge in [0.15, 0.2) is 0 Å². The van der Waals surface area contributed by atoms with Gasteiger partial charge in [0.05, 0.1) is 6.26 Å². The predicted octanol–water partition coefficient (Wildman–Crippen LogP) is 1.09. The van der Waals surface area contributed by atoms with Crippen LogP contribution in [0.25, 0.3) is 0 Å². The highest BCUT2D eigenvalue weighted by Crippen LogP contribution is 2.29. The van der Waals surface area contributed by atoms with Crippen LogP contribution in [0, 0.1) is 0 Å². The molecule has 0 radical (unpaired) electrons. The van der Waals surface area contributed by atoms with Gasteiger partial charge >= 0.3 is 0 Å². The molecule has 0 bridgehead atoms. The molecule has 0 aliphatic carbocycles. The van der Waals surface area contributed by atoms with Crippen LogP contribution in [0.5, 0.6) is 0 Å². The number of pyridine rings is 1. The van der Waals surface area contributed by atoms with E-state index in [1.165, 1.54) is 10.6 Å². The van der Waals surface area contributed by atoms with Gasteiger partial charge in [-0.2, -0.15) is 0 Å². The Bertz CT molecular complexity index is 469. The van der Waals surface area contributed by atoms with Gasteiger partial charge in [0.1, 0.15) is 5.15 Å². The van der Waals surface area contributed by atoms with Gasteiger partial charge in [0, 0.05) is 25.2 Å². The average molecular weight is 247 g/mol. The maximum Gasteiger partial charge on any atom is 0.211 e. The standard InChI is InChI=1S/C9H11ClN2O2S/c1-15(13,14)12-5-8(6-12)7-2-3-11-9(10)4-7/h2-4,8H,5-6H2,1H3. The third kappa shape index (κ3) is 2.30. The number of nitrogens with zero attached hydrogens (tertiary/aromatic N) is 2. The summed E-state index contributed by atoms with van der Waals surface area (Å²) in [6, 6.07) is 3.65. The molecule has 1 aromatic rings. The van der Waals surface area contributed by atoms with Crippen LogP contribution < -0.4 is 0 Å². The highest BCUT2D eigenvalue weighted by Gasteiger charge is 2.33. The molecule has 2 heterocycles. The Morgan fingerprint density at radius 2 is 2.20 bits per heavy atom. The minimum atomic E-state index is -3.03. The Morgan fingerprint density at radius 1 is 1.53 bits per heavy atom. The molecule has 4 nitrogen and oxygen atoms in total. The Labute approximate surface area is 93.9 Å². The van der Waals surface area contributed by atoms with Gasteiger partial charge < -0.3 is 0 Å². The zero-order chi connectivity index (χ0) is 11.1. The van der Waals surface area contributed by atoms with Gasteiger partial charge in [-0.25, -0.2) is 17.7 Å². The van der Waals surface area contributed by atoms with Gasteiger partial charge in [0.2, 0.25) is 10.0 Å². The predicted molar refractivity (Wildman–Crippen MR) is 58.4 cm³/mol. The Hall–Kier alpha value is -0.650. The van der Waals surface area contributed by atoms with Crippen LogP contribution in [0.3, 0.4) is 0 Å². The minimum Gasteiger partial charge on any atom is -0.245 e. The molecule has 1 fully saturated rings. The van der Waals surface area contributed by atoms with Gasteiger partial charge in [-0.1, -0.05) is 11.6 Å². The van der Waals surface area contributed by atoms with Crippen LogP contribution in [0.2, 0.25) is 5.15 Å².